The Hall–Kier alpha value is -3.06. The Morgan fingerprint density at radius 2 is 1.50 bits per heavy atom. The Morgan fingerprint density at radius 1 is 0.900 bits per heavy atom. The Kier molecular flexibility index (Phi) is 5.63. The minimum absolute atomic E-state index is 0.141. The van der Waals surface area contributed by atoms with Crippen molar-refractivity contribution in [2.24, 2.45) is 0 Å². The van der Waals surface area contributed by atoms with Crippen molar-refractivity contribution in [3.05, 3.63) is 54.1 Å². The zero-order valence-corrected chi connectivity index (χ0v) is 17.7. The van der Waals surface area contributed by atoms with E-state index in [1.165, 1.54) is 4.90 Å². The Balaban J connectivity index is 1.38. The summed E-state index contributed by atoms with van der Waals surface area (Å²) in [5.74, 6) is 0.703. The molecule has 158 valence electrons. The summed E-state index contributed by atoms with van der Waals surface area (Å²) in [5.41, 5.74) is 3.04. The monoisotopic (exact) mass is 408 g/mol. The molecule has 7 nitrogen and oxygen atoms in total. The van der Waals surface area contributed by atoms with Gasteiger partial charge in [0.15, 0.2) is 0 Å². The van der Waals surface area contributed by atoms with Gasteiger partial charge in [0, 0.05) is 37.6 Å². The summed E-state index contributed by atoms with van der Waals surface area (Å²) in [6, 6.07) is 15.0. The molecule has 7 heteroatoms. The smallest absolute Gasteiger partial charge is 0.333 e. The van der Waals surface area contributed by atoms with Crippen LogP contribution in [0.5, 0.6) is 5.75 Å². The van der Waals surface area contributed by atoms with E-state index in [4.69, 9.17) is 4.74 Å². The van der Waals surface area contributed by atoms with Gasteiger partial charge in [-0.25, -0.2) is 9.69 Å². The van der Waals surface area contributed by atoms with Gasteiger partial charge in [-0.05, 0) is 50.2 Å². The van der Waals surface area contributed by atoms with Crippen molar-refractivity contribution in [3.63, 3.8) is 0 Å². The number of carbonyl (C=O) groups is 2. The van der Waals surface area contributed by atoms with Gasteiger partial charge in [-0.15, -0.1) is 0 Å². The topological polar surface area (TPSA) is 56.3 Å². The number of nitrogens with zero attached hydrogens (tertiary/aromatic N) is 4. The van der Waals surface area contributed by atoms with E-state index >= 15 is 0 Å². The molecular weight excluding hydrogens is 380 g/mol. The van der Waals surface area contributed by atoms with Gasteiger partial charge in [-0.2, -0.15) is 0 Å². The van der Waals surface area contributed by atoms with E-state index in [-0.39, 0.29) is 11.9 Å². The molecule has 0 unspecified atom stereocenters. The maximum absolute atomic E-state index is 13.0. The van der Waals surface area contributed by atoms with Crippen molar-refractivity contribution < 1.29 is 14.3 Å². The molecule has 0 aliphatic carbocycles. The van der Waals surface area contributed by atoms with Crippen LogP contribution in [0.1, 0.15) is 12.5 Å². The fourth-order valence-electron chi connectivity index (χ4n) is 4.04. The fraction of sp³-hybridized carbons (Fsp3) is 0.391. The number of carbonyl (C=O) groups excluding carboxylic acids is 2. The van der Waals surface area contributed by atoms with E-state index in [1.54, 1.807) is 18.9 Å². The third kappa shape index (κ3) is 3.85. The Labute approximate surface area is 177 Å². The number of rotatable bonds is 5. The van der Waals surface area contributed by atoms with Crippen LogP contribution in [-0.2, 0) is 4.79 Å². The molecule has 0 aromatic heterocycles. The van der Waals surface area contributed by atoms with Crippen LogP contribution in [0.2, 0.25) is 0 Å². The van der Waals surface area contributed by atoms with Crippen LogP contribution >= 0.6 is 0 Å². The lowest BCUT2D eigenvalue weighted by Crippen LogP contribution is -2.51. The number of methoxy groups -OCH3 is 1. The number of anilines is 2. The molecule has 0 spiro atoms. The molecule has 0 saturated carbocycles. The number of piperazine rings is 1. The first kappa shape index (κ1) is 20.2. The number of hydrogen-bond acceptors (Lipinski definition) is 5. The van der Waals surface area contributed by atoms with E-state index in [1.807, 2.05) is 43.3 Å². The molecule has 0 N–H and O–H groups in total. The minimum atomic E-state index is -0.485. The van der Waals surface area contributed by atoms with Gasteiger partial charge in [-0.3, -0.25) is 14.6 Å². The molecule has 2 heterocycles. The normalized spacial score (nSPS) is 20.2. The molecule has 2 aliphatic rings. The summed E-state index contributed by atoms with van der Waals surface area (Å²) in [5, 5.41) is 0. The summed E-state index contributed by atoms with van der Waals surface area (Å²) < 4.78 is 5.22. The number of ether oxygens (including phenoxy) is 1. The van der Waals surface area contributed by atoms with Crippen LogP contribution < -0.4 is 14.5 Å². The van der Waals surface area contributed by atoms with Crippen molar-refractivity contribution in [1.82, 2.24) is 9.80 Å². The second kappa shape index (κ2) is 8.36. The van der Waals surface area contributed by atoms with Crippen molar-refractivity contribution in [2.75, 3.05) is 49.8 Å². The molecule has 4 rings (SSSR count). The summed E-state index contributed by atoms with van der Waals surface area (Å²) in [4.78, 5) is 33.3. The second-order valence-electron chi connectivity index (χ2n) is 7.87. The Morgan fingerprint density at radius 3 is 2.10 bits per heavy atom. The van der Waals surface area contributed by atoms with Crippen molar-refractivity contribution in [1.29, 1.82) is 0 Å². The number of urea groups is 1. The first-order chi connectivity index (χ1) is 14.5. The maximum atomic E-state index is 13.0. The van der Waals surface area contributed by atoms with E-state index in [0.717, 1.165) is 48.9 Å². The molecule has 2 fully saturated rings. The second-order valence-corrected chi connectivity index (χ2v) is 7.87. The zero-order valence-electron chi connectivity index (χ0n) is 17.7. The number of imide groups is 1. The van der Waals surface area contributed by atoms with Crippen LogP contribution in [0.3, 0.4) is 0 Å². The van der Waals surface area contributed by atoms with Gasteiger partial charge in [0.05, 0.1) is 13.8 Å². The standard InChI is InChI=1S/C23H28N4O3/c1-17-4-6-20(7-5-17)27-18(2)22(28)26(23(27)29)16-24-12-14-25(15-13-24)19-8-10-21(30-3)11-9-19/h4-11,18H,12-16H2,1-3H3/t18-/m0/s1. The molecule has 2 aromatic carbocycles. The summed E-state index contributed by atoms with van der Waals surface area (Å²) in [7, 11) is 1.66. The summed E-state index contributed by atoms with van der Waals surface area (Å²) >= 11 is 0. The van der Waals surface area contributed by atoms with Gasteiger partial charge < -0.3 is 9.64 Å². The Bertz CT molecular complexity index is 905. The number of amides is 3. The van der Waals surface area contributed by atoms with Gasteiger partial charge >= 0.3 is 6.03 Å². The minimum Gasteiger partial charge on any atom is -0.497 e. The largest absolute Gasteiger partial charge is 0.497 e. The average molecular weight is 409 g/mol. The molecule has 2 saturated heterocycles. The molecule has 30 heavy (non-hydrogen) atoms. The summed E-state index contributed by atoms with van der Waals surface area (Å²) in [6.45, 7) is 7.41. The lowest BCUT2D eigenvalue weighted by atomic mass is 10.2. The quantitative estimate of drug-likeness (QED) is 0.712. The maximum Gasteiger partial charge on any atom is 0.333 e. The van der Waals surface area contributed by atoms with Gasteiger partial charge in [0.1, 0.15) is 11.8 Å². The highest BCUT2D eigenvalue weighted by molar-refractivity contribution is 6.14. The molecule has 3 amide bonds. The van der Waals surface area contributed by atoms with E-state index in [2.05, 4.69) is 21.9 Å². The van der Waals surface area contributed by atoms with E-state index < -0.39 is 6.04 Å². The molecule has 0 bridgehead atoms. The molecule has 0 radical (unpaired) electrons. The molecule has 2 aliphatic heterocycles. The van der Waals surface area contributed by atoms with Crippen molar-refractivity contribution in [2.45, 2.75) is 19.9 Å². The van der Waals surface area contributed by atoms with E-state index in [9.17, 15) is 9.59 Å². The van der Waals surface area contributed by atoms with Gasteiger partial charge in [0.25, 0.3) is 5.91 Å². The molecule has 1 atom stereocenters. The number of aryl methyl sites for hydroxylation is 1. The van der Waals surface area contributed by atoms with Crippen molar-refractivity contribution in [3.8, 4) is 5.75 Å². The first-order valence-electron chi connectivity index (χ1n) is 10.3. The zero-order chi connectivity index (χ0) is 21.3. The average Bonchev–Trinajstić information content (AvgIpc) is 2.98. The van der Waals surface area contributed by atoms with E-state index in [0.29, 0.717) is 6.67 Å². The van der Waals surface area contributed by atoms with Crippen LogP contribution in [0, 0.1) is 6.92 Å². The predicted molar refractivity (Wildman–Crippen MR) is 117 cm³/mol. The van der Waals surface area contributed by atoms with Crippen molar-refractivity contribution >= 4 is 23.3 Å². The van der Waals surface area contributed by atoms with Gasteiger partial charge in [-0.1, -0.05) is 17.7 Å². The van der Waals surface area contributed by atoms with Crippen LogP contribution in [0.4, 0.5) is 16.2 Å². The lowest BCUT2D eigenvalue weighted by Gasteiger charge is -2.37. The molecule has 2 aromatic rings. The lowest BCUT2D eigenvalue weighted by molar-refractivity contribution is -0.128. The highest BCUT2D eigenvalue weighted by atomic mass is 16.5. The number of hydrogen-bond donors (Lipinski definition) is 0. The SMILES string of the molecule is COc1ccc(N2CCN(CN3C(=O)[C@H](C)N(c4ccc(C)cc4)C3=O)CC2)cc1. The third-order valence-electron chi connectivity index (χ3n) is 5.91. The van der Waals surface area contributed by atoms with Crippen LogP contribution in [0.25, 0.3) is 0 Å². The highest BCUT2D eigenvalue weighted by Crippen LogP contribution is 2.27. The first-order valence-corrected chi connectivity index (χ1v) is 10.3. The predicted octanol–water partition coefficient (Wildman–Crippen LogP) is 2.94. The highest BCUT2D eigenvalue weighted by Gasteiger charge is 2.44. The van der Waals surface area contributed by atoms with Gasteiger partial charge in [0.2, 0.25) is 0 Å². The summed E-state index contributed by atoms with van der Waals surface area (Å²) in [6.07, 6.45) is 0. The van der Waals surface area contributed by atoms with Crippen LogP contribution in [-0.4, -0.2) is 67.7 Å². The number of benzene rings is 2. The third-order valence-corrected chi connectivity index (χ3v) is 5.91. The van der Waals surface area contributed by atoms with Crippen LogP contribution in [0.15, 0.2) is 48.5 Å². The molecular formula is C23H28N4O3. The fourth-order valence-corrected chi connectivity index (χ4v) is 4.04.